The maximum atomic E-state index is 14.7. The summed E-state index contributed by atoms with van der Waals surface area (Å²) in [6.45, 7) is 13.0. The second kappa shape index (κ2) is 16.2. The molecule has 2 aromatic heterocycles. The van der Waals surface area contributed by atoms with Crippen LogP contribution < -0.4 is 14.1 Å². The molecule has 0 fully saturated rings. The summed E-state index contributed by atoms with van der Waals surface area (Å²) < 4.78 is 86.0. The van der Waals surface area contributed by atoms with Gasteiger partial charge in [-0.3, -0.25) is 19.0 Å². The van der Waals surface area contributed by atoms with Crippen molar-refractivity contribution in [1.82, 2.24) is 24.8 Å². The molecule has 3 aromatic rings. The van der Waals surface area contributed by atoms with Gasteiger partial charge < -0.3 is 14.2 Å². The second-order valence-electron chi connectivity index (χ2n) is 15.2. The van der Waals surface area contributed by atoms with Crippen LogP contribution in [0, 0.1) is 0 Å². The molecule has 0 radical (unpaired) electrons. The minimum absolute atomic E-state index is 0.0322. The number of sulfonamides is 1. The minimum atomic E-state index is -5.19. The number of anilines is 4. The van der Waals surface area contributed by atoms with Crippen molar-refractivity contribution in [3.63, 3.8) is 0 Å². The topological polar surface area (TPSA) is 195 Å². The van der Waals surface area contributed by atoms with E-state index in [9.17, 15) is 40.8 Å². The highest BCUT2D eigenvalue weighted by Crippen LogP contribution is 2.39. The maximum absolute atomic E-state index is 14.7. The summed E-state index contributed by atoms with van der Waals surface area (Å²) >= 11 is 0. The van der Waals surface area contributed by atoms with E-state index in [2.05, 4.69) is 19.9 Å². The molecule has 0 saturated heterocycles. The number of ether oxygens (including phenoxy) is 3. The van der Waals surface area contributed by atoms with Crippen molar-refractivity contribution in [2.75, 3.05) is 34.5 Å². The lowest BCUT2D eigenvalue weighted by atomic mass is 10.1. The van der Waals surface area contributed by atoms with E-state index in [4.69, 9.17) is 14.2 Å². The summed E-state index contributed by atoms with van der Waals surface area (Å²) in [5.74, 6) is -2.91. The molecule has 17 nitrogen and oxygen atoms in total. The van der Waals surface area contributed by atoms with Crippen molar-refractivity contribution >= 4 is 57.5 Å². The lowest BCUT2D eigenvalue weighted by Gasteiger charge is -2.30. The van der Waals surface area contributed by atoms with E-state index in [1.165, 1.54) is 72.9 Å². The Balaban J connectivity index is 2.29. The van der Waals surface area contributed by atoms with E-state index in [0.717, 1.165) is 34.9 Å². The Morgan fingerprint density at radius 1 is 0.714 bits per heavy atom. The Labute approximate surface area is 322 Å². The average Bonchev–Trinajstić information content (AvgIpc) is 3.03. The van der Waals surface area contributed by atoms with Crippen LogP contribution in [0.2, 0.25) is 0 Å². The van der Waals surface area contributed by atoms with Crippen molar-refractivity contribution in [3.8, 4) is 0 Å². The number of alkyl halides is 3. The maximum Gasteiger partial charge on any atom is 0.421 e. The molecule has 2 heterocycles. The highest BCUT2D eigenvalue weighted by molar-refractivity contribution is 7.92. The van der Waals surface area contributed by atoms with Gasteiger partial charge in [0.1, 0.15) is 28.1 Å². The summed E-state index contributed by atoms with van der Waals surface area (Å²) in [6, 6.07) is 4.95. The monoisotopic (exact) mass is 810 g/mol. The molecule has 0 N–H and O–H groups in total. The van der Waals surface area contributed by atoms with Crippen LogP contribution in [0.3, 0.4) is 0 Å². The van der Waals surface area contributed by atoms with Crippen molar-refractivity contribution in [2.24, 2.45) is 0 Å². The fourth-order valence-electron chi connectivity index (χ4n) is 4.43. The van der Waals surface area contributed by atoms with E-state index >= 15 is 0 Å². The van der Waals surface area contributed by atoms with Gasteiger partial charge in [-0.2, -0.15) is 18.2 Å². The Hall–Kier alpha value is -5.60. The first-order valence-corrected chi connectivity index (χ1v) is 18.6. The van der Waals surface area contributed by atoms with Gasteiger partial charge in [0.05, 0.1) is 18.5 Å². The Kier molecular flexibility index (Phi) is 13.0. The van der Waals surface area contributed by atoms with Crippen molar-refractivity contribution in [3.05, 3.63) is 59.7 Å². The molecule has 56 heavy (non-hydrogen) atoms. The number of amides is 4. The molecule has 0 aliphatic carbocycles. The van der Waals surface area contributed by atoms with E-state index in [1.54, 1.807) is 20.8 Å². The van der Waals surface area contributed by atoms with Gasteiger partial charge >= 0.3 is 24.5 Å². The van der Waals surface area contributed by atoms with Crippen LogP contribution in [0.5, 0.6) is 0 Å². The molecule has 0 spiro atoms. The van der Waals surface area contributed by atoms with Crippen LogP contribution in [-0.2, 0) is 37.0 Å². The summed E-state index contributed by atoms with van der Waals surface area (Å²) in [5, 5.41) is 0. The molecular formula is C35H45F3N8O9S. The Morgan fingerprint density at radius 2 is 1.21 bits per heavy atom. The molecule has 0 atom stereocenters. The van der Waals surface area contributed by atoms with Gasteiger partial charge in [0, 0.05) is 38.2 Å². The van der Waals surface area contributed by atoms with Gasteiger partial charge in [0.25, 0.3) is 5.91 Å². The number of hydrogen-bond acceptors (Lipinski definition) is 13. The predicted molar refractivity (Wildman–Crippen MR) is 198 cm³/mol. The summed E-state index contributed by atoms with van der Waals surface area (Å²) in [5.41, 5.74) is -5.23. The highest BCUT2D eigenvalue weighted by Gasteiger charge is 2.41. The fourth-order valence-corrected chi connectivity index (χ4v) is 4.90. The van der Waals surface area contributed by atoms with Crippen LogP contribution in [0.15, 0.2) is 42.9 Å². The Morgan fingerprint density at radius 3 is 1.71 bits per heavy atom. The number of imide groups is 1. The van der Waals surface area contributed by atoms with Crippen LogP contribution in [-0.4, -0.2) is 94.6 Å². The number of carbonyl (C=O) groups is 4. The van der Waals surface area contributed by atoms with Gasteiger partial charge in [-0.15, -0.1) is 0 Å². The molecule has 1 aromatic carbocycles. The summed E-state index contributed by atoms with van der Waals surface area (Å²) in [6.07, 6.45) is -5.14. The average molecular weight is 811 g/mol. The smallest absolute Gasteiger partial charge is 0.421 e. The predicted octanol–water partition coefficient (Wildman–Crippen LogP) is 6.70. The first-order chi connectivity index (χ1) is 25.4. The number of halogens is 3. The third-order valence-electron chi connectivity index (χ3n) is 6.91. The zero-order chi connectivity index (χ0) is 42.8. The van der Waals surface area contributed by atoms with Crippen LogP contribution >= 0.6 is 0 Å². The van der Waals surface area contributed by atoms with E-state index in [0.29, 0.717) is 16.0 Å². The lowest BCUT2D eigenvalue weighted by Crippen LogP contribution is -2.40. The number of carbonyl (C=O) groups excluding carboxylic acids is 4. The van der Waals surface area contributed by atoms with Crippen LogP contribution in [0.4, 0.5) is 50.8 Å². The SMILES string of the molecule is CN(C(=O)OC(C)(C)C)C(=O)c1ccc(N(C(=O)OC(C)(C)C)c2ncc(C(F)(F)F)c(N(Cc3nccnc3N(C)S(C)(=O)=O)C(=O)OC(C)(C)C)n2)cc1. The molecule has 0 aliphatic heterocycles. The number of aromatic nitrogens is 4. The quantitative estimate of drug-likeness (QED) is 0.218. The van der Waals surface area contributed by atoms with Gasteiger partial charge in [-0.25, -0.2) is 42.6 Å². The zero-order valence-electron chi connectivity index (χ0n) is 33.0. The van der Waals surface area contributed by atoms with Crippen LogP contribution in [0.25, 0.3) is 0 Å². The van der Waals surface area contributed by atoms with Crippen molar-refractivity contribution in [2.45, 2.75) is 91.8 Å². The lowest BCUT2D eigenvalue weighted by molar-refractivity contribution is -0.137. The van der Waals surface area contributed by atoms with Gasteiger partial charge in [-0.1, -0.05) is 0 Å². The Bertz CT molecular complexity index is 2060. The van der Waals surface area contributed by atoms with E-state index < -0.39 is 81.1 Å². The largest absolute Gasteiger partial charge is 0.443 e. The molecule has 21 heteroatoms. The van der Waals surface area contributed by atoms with Crippen LogP contribution in [0.1, 0.15) is 83.9 Å². The first kappa shape index (κ1) is 44.8. The molecule has 0 saturated carbocycles. The molecule has 4 amide bonds. The molecule has 0 aliphatic rings. The first-order valence-electron chi connectivity index (χ1n) is 16.7. The fraction of sp³-hybridized carbons (Fsp3) is 0.486. The molecule has 3 rings (SSSR count). The summed E-state index contributed by atoms with van der Waals surface area (Å²) in [7, 11) is -1.63. The van der Waals surface area contributed by atoms with Gasteiger partial charge in [0.2, 0.25) is 16.0 Å². The number of benzene rings is 1. The molecule has 0 bridgehead atoms. The number of rotatable bonds is 8. The zero-order valence-corrected chi connectivity index (χ0v) is 33.9. The second-order valence-corrected chi connectivity index (χ2v) is 17.2. The summed E-state index contributed by atoms with van der Waals surface area (Å²) in [4.78, 5) is 71.2. The number of hydrogen-bond donors (Lipinski definition) is 0. The number of nitrogens with zero attached hydrogens (tertiary/aromatic N) is 8. The molecule has 306 valence electrons. The minimum Gasteiger partial charge on any atom is -0.443 e. The van der Waals surface area contributed by atoms with E-state index in [1.807, 2.05) is 0 Å². The third-order valence-corrected chi connectivity index (χ3v) is 8.07. The third kappa shape index (κ3) is 11.9. The molecule has 0 unspecified atom stereocenters. The highest BCUT2D eigenvalue weighted by atomic mass is 32.2. The van der Waals surface area contributed by atoms with Gasteiger partial charge in [0.15, 0.2) is 11.6 Å². The van der Waals surface area contributed by atoms with Gasteiger partial charge in [-0.05, 0) is 86.6 Å². The normalized spacial score (nSPS) is 12.3. The standard InChI is InChI=1S/C35H45F3N8O9S/c1-32(2,3)53-29(48)43(10)27(47)21-13-15-22(16-14-21)46(31(50)55-34(7,8)9)28-41-19-23(35(36,37)38)25(42-28)45(30(49)54-33(4,5)6)20-24-26(40-18-17-39-24)44(11)56(12,51)52/h13-19H,20H2,1-12H3. The molecular weight excluding hydrogens is 765 g/mol. The van der Waals surface area contributed by atoms with Crippen molar-refractivity contribution < 1.29 is 55.0 Å². The van der Waals surface area contributed by atoms with Crippen molar-refractivity contribution in [1.29, 1.82) is 0 Å². The van der Waals surface area contributed by atoms with E-state index in [-0.39, 0.29) is 22.8 Å².